The van der Waals surface area contributed by atoms with E-state index in [4.69, 9.17) is 4.74 Å². The minimum absolute atomic E-state index is 0.0874. The molecule has 0 saturated carbocycles. The molecule has 0 fully saturated rings. The molecule has 0 spiro atoms. The smallest absolute Gasteiger partial charge is 0.159 e. The third kappa shape index (κ3) is 3.55. The van der Waals surface area contributed by atoms with Gasteiger partial charge in [-0.15, -0.1) is 0 Å². The van der Waals surface area contributed by atoms with E-state index in [1.54, 1.807) is 30.3 Å². The van der Waals surface area contributed by atoms with Crippen molar-refractivity contribution in [3.63, 3.8) is 0 Å². The van der Waals surface area contributed by atoms with Crippen LogP contribution in [-0.4, -0.2) is 17.1 Å². The second-order valence-electron chi connectivity index (χ2n) is 4.50. The highest BCUT2D eigenvalue weighted by molar-refractivity contribution is 7.84. The van der Waals surface area contributed by atoms with Gasteiger partial charge in [0.1, 0.15) is 11.6 Å². The maximum atomic E-state index is 13.7. The van der Waals surface area contributed by atoms with E-state index in [0.29, 0.717) is 16.9 Å². The Morgan fingerprint density at radius 3 is 2.57 bits per heavy atom. The lowest BCUT2D eigenvalue weighted by atomic mass is 10.1. The van der Waals surface area contributed by atoms with Gasteiger partial charge in [0.05, 0.1) is 28.6 Å². The number of halogens is 1. The molecule has 21 heavy (non-hydrogen) atoms. The second-order valence-corrected chi connectivity index (χ2v) is 5.92. The van der Waals surface area contributed by atoms with Crippen LogP contribution in [0.5, 0.6) is 5.75 Å². The zero-order valence-corrected chi connectivity index (χ0v) is 12.6. The molecule has 0 amide bonds. The van der Waals surface area contributed by atoms with Crippen LogP contribution in [0.2, 0.25) is 0 Å². The lowest BCUT2D eigenvalue weighted by molar-refractivity contribution is 0.101. The third-order valence-corrected chi connectivity index (χ3v) is 4.45. The largest absolute Gasteiger partial charge is 0.496 e. The SMILES string of the molecule is COc1ccc(C(C)=O)cc1CS(=O)c1ccccc1F. The van der Waals surface area contributed by atoms with E-state index in [2.05, 4.69) is 0 Å². The van der Waals surface area contributed by atoms with Gasteiger partial charge >= 0.3 is 0 Å². The van der Waals surface area contributed by atoms with Gasteiger partial charge in [-0.3, -0.25) is 9.00 Å². The summed E-state index contributed by atoms with van der Waals surface area (Å²) in [5.41, 5.74) is 1.13. The van der Waals surface area contributed by atoms with Gasteiger partial charge in [-0.25, -0.2) is 4.39 Å². The van der Waals surface area contributed by atoms with E-state index >= 15 is 0 Å². The Balaban J connectivity index is 2.34. The van der Waals surface area contributed by atoms with Gasteiger partial charge in [-0.05, 0) is 37.3 Å². The van der Waals surface area contributed by atoms with Crippen molar-refractivity contribution in [1.82, 2.24) is 0 Å². The number of hydrogen-bond donors (Lipinski definition) is 0. The van der Waals surface area contributed by atoms with Crippen LogP contribution in [0.15, 0.2) is 47.4 Å². The molecule has 0 saturated heterocycles. The molecule has 0 aliphatic heterocycles. The zero-order chi connectivity index (χ0) is 15.4. The normalized spacial score (nSPS) is 12.0. The monoisotopic (exact) mass is 306 g/mol. The summed E-state index contributed by atoms with van der Waals surface area (Å²) in [6.07, 6.45) is 0. The lowest BCUT2D eigenvalue weighted by Crippen LogP contribution is -2.03. The van der Waals surface area contributed by atoms with Gasteiger partial charge < -0.3 is 4.74 Å². The lowest BCUT2D eigenvalue weighted by Gasteiger charge is -2.10. The number of methoxy groups -OCH3 is 1. The minimum Gasteiger partial charge on any atom is -0.496 e. The Labute approximate surface area is 125 Å². The van der Waals surface area contributed by atoms with Gasteiger partial charge in [0, 0.05) is 11.1 Å². The van der Waals surface area contributed by atoms with E-state index in [-0.39, 0.29) is 16.4 Å². The van der Waals surface area contributed by atoms with Crippen molar-refractivity contribution in [2.24, 2.45) is 0 Å². The fourth-order valence-corrected chi connectivity index (χ4v) is 3.14. The maximum absolute atomic E-state index is 13.7. The number of ketones is 1. The predicted molar refractivity (Wildman–Crippen MR) is 79.5 cm³/mol. The highest BCUT2D eigenvalue weighted by atomic mass is 32.2. The van der Waals surface area contributed by atoms with Crippen LogP contribution in [-0.2, 0) is 16.6 Å². The molecule has 2 aromatic carbocycles. The van der Waals surface area contributed by atoms with Gasteiger partial charge in [0.15, 0.2) is 5.78 Å². The molecule has 110 valence electrons. The van der Waals surface area contributed by atoms with E-state index < -0.39 is 16.6 Å². The van der Waals surface area contributed by atoms with Crippen molar-refractivity contribution < 1.29 is 18.1 Å². The van der Waals surface area contributed by atoms with E-state index in [9.17, 15) is 13.4 Å². The van der Waals surface area contributed by atoms with Crippen LogP contribution in [0.25, 0.3) is 0 Å². The number of ether oxygens (including phenoxy) is 1. The van der Waals surface area contributed by atoms with Gasteiger partial charge in [-0.2, -0.15) is 0 Å². The second kappa shape index (κ2) is 6.63. The molecule has 2 rings (SSSR count). The molecule has 0 heterocycles. The molecule has 5 heteroatoms. The van der Waals surface area contributed by atoms with Crippen molar-refractivity contribution >= 4 is 16.6 Å². The highest BCUT2D eigenvalue weighted by Crippen LogP contribution is 2.24. The van der Waals surface area contributed by atoms with Crippen LogP contribution < -0.4 is 4.74 Å². The summed E-state index contributed by atoms with van der Waals surface area (Å²) in [6.45, 7) is 1.46. The average Bonchev–Trinajstić information content (AvgIpc) is 2.47. The van der Waals surface area contributed by atoms with E-state index in [0.717, 1.165) is 0 Å². The molecule has 0 bridgehead atoms. The van der Waals surface area contributed by atoms with Gasteiger partial charge in [-0.1, -0.05) is 12.1 Å². The Kier molecular flexibility index (Phi) is 4.85. The number of hydrogen-bond acceptors (Lipinski definition) is 3. The summed E-state index contributed by atoms with van der Waals surface area (Å²) in [5.74, 6) is 0.0309. The van der Waals surface area contributed by atoms with E-state index in [1.165, 1.54) is 26.2 Å². The molecule has 1 unspecified atom stereocenters. The topological polar surface area (TPSA) is 43.4 Å². The van der Waals surface area contributed by atoms with Crippen molar-refractivity contribution in [1.29, 1.82) is 0 Å². The van der Waals surface area contributed by atoms with Crippen LogP contribution in [0.4, 0.5) is 4.39 Å². The maximum Gasteiger partial charge on any atom is 0.159 e. The van der Waals surface area contributed by atoms with Crippen molar-refractivity contribution in [3.05, 3.63) is 59.4 Å². The molecule has 2 aromatic rings. The van der Waals surface area contributed by atoms with Crippen molar-refractivity contribution in [2.45, 2.75) is 17.6 Å². The van der Waals surface area contributed by atoms with Crippen molar-refractivity contribution in [2.75, 3.05) is 7.11 Å². The molecule has 0 radical (unpaired) electrons. The number of benzene rings is 2. The van der Waals surface area contributed by atoms with Gasteiger partial charge in [0.25, 0.3) is 0 Å². The van der Waals surface area contributed by atoms with Gasteiger partial charge in [0.2, 0.25) is 0 Å². The Morgan fingerprint density at radius 2 is 1.95 bits per heavy atom. The molecule has 0 N–H and O–H groups in total. The van der Waals surface area contributed by atoms with Crippen LogP contribution in [0.1, 0.15) is 22.8 Å². The average molecular weight is 306 g/mol. The van der Waals surface area contributed by atoms with Crippen LogP contribution in [0, 0.1) is 5.82 Å². The number of carbonyl (C=O) groups excluding carboxylic acids is 1. The first-order chi connectivity index (χ1) is 10.0. The van der Waals surface area contributed by atoms with Crippen molar-refractivity contribution in [3.8, 4) is 5.75 Å². The fourth-order valence-electron chi connectivity index (χ4n) is 1.96. The number of rotatable bonds is 5. The van der Waals surface area contributed by atoms with Crippen LogP contribution >= 0.6 is 0 Å². The third-order valence-electron chi connectivity index (χ3n) is 3.06. The predicted octanol–water partition coefficient (Wildman–Crippen LogP) is 3.34. The standard InChI is InChI=1S/C16H15FO3S/c1-11(18)12-7-8-15(20-2)13(9-12)10-21(19)16-6-4-3-5-14(16)17/h3-9H,10H2,1-2H3. The first kappa shape index (κ1) is 15.4. The summed E-state index contributed by atoms with van der Waals surface area (Å²) < 4.78 is 31.2. The summed E-state index contributed by atoms with van der Waals surface area (Å²) in [6, 6.07) is 10.9. The summed E-state index contributed by atoms with van der Waals surface area (Å²) >= 11 is 0. The molecule has 0 aromatic heterocycles. The Bertz CT molecular complexity index is 698. The molecule has 0 aliphatic carbocycles. The Morgan fingerprint density at radius 1 is 1.24 bits per heavy atom. The summed E-state index contributed by atoms with van der Waals surface area (Å²) in [7, 11) is -0.0473. The first-order valence-electron chi connectivity index (χ1n) is 6.33. The highest BCUT2D eigenvalue weighted by Gasteiger charge is 2.14. The Hall–Kier alpha value is -2.01. The summed E-state index contributed by atoms with van der Waals surface area (Å²) in [5, 5.41) is 0. The summed E-state index contributed by atoms with van der Waals surface area (Å²) in [4.78, 5) is 11.6. The number of Topliss-reactive ketones (excluding diaryl/α,β-unsaturated/α-hetero) is 1. The van der Waals surface area contributed by atoms with Crippen LogP contribution in [0.3, 0.4) is 0 Å². The molecule has 0 aliphatic rings. The molecular weight excluding hydrogens is 291 g/mol. The molecule has 1 atom stereocenters. The quantitative estimate of drug-likeness (QED) is 0.796. The first-order valence-corrected chi connectivity index (χ1v) is 7.65. The fraction of sp³-hybridized carbons (Fsp3) is 0.188. The number of carbonyl (C=O) groups is 1. The van der Waals surface area contributed by atoms with E-state index in [1.807, 2.05) is 0 Å². The molecular formula is C16H15FO3S. The molecule has 3 nitrogen and oxygen atoms in total. The minimum atomic E-state index is -1.55. The zero-order valence-electron chi connectivity index (χ0n) is 11.8.